The van der Waals surface area contributed by atoms with E-state index in [4.69, 9.17) is 4.74 Å². The number of aromatic nitrogens is 1. The molecule has 0 saturated heterocycles. The Balaban J connectivity index is 1.87. The summed E-state index contributed by atoms with van der Waals surface area (Å²) in [7, 11) is 0. The van der Waals surface area contributed by atoms with Crippen molar-refractivity contribution in [3.63, 3.8) is 0 Å². The van der Waals surface area contributed by atoms with Crippen molar-refractivity contribution in [3.05, 3.63) is 46.1 Å². The zero-order valence-electron chi connectivity index (χ0n) is 11.4. The monoisotopic (exact) mass is 347 g/mol. The number of carbonyl (C=O) groups is 1. The lowest BCUT2D eigenvalue weighted by atomic mass is 10.1. The summed E-state index contributed by atoms with van der Waals surface area (Å²) in [6.07, 6.45) is 1.67. The molecule has 2 heterocycles. The summed E-state index contributed by atoms with van der Waals surface area (Å²) in [6, 6.07) is 7.28. The van der Waals surface area contributed by atoms with E-state index in [1.807, 2.05) is 25.1 Å². The van der Waals surface area contributed by atoms with E-state index in [1.165, 1.54) is 0 Å². The summed E-state index contributed by atoms with van der Waals surface area (Å²) < 4.78 is 6.51. The first-order valence-electron chi connectivity index (χ1n) is 6.58. The van der Waals surface area contributed by atoms with Gasteiger partial charge < -0.3 is 15.4 Å². The van der Waals surface area contributed by atoms with Crippen molar-refractivity contribution in [2.24, 2.45) is 0 Å². The van der Waals surface area contributed by atoms with E-state index >= 15 is 0 Å². The van der Waals surface area contributed by atoms with Crippen LogP contribution in [-0.4, -0.2) is 24.0 Å². The van der Waals surface area contributed by atoms with Gasteiger partial charge in [0, 0.05) is 17.2 Å². The average molecular weight is 348 g/mol. The van der Waals surface area contributed by atoms with Crippen LogP contribution in [0.25, 0.3) is 0 Å². The number of pyridine rings is 1. The summed E-state index contributed by atoms with van der Waals surface area (Å²) in [5, 5.41) is 6.01. The molecule has 0 atom stereocenters. The first-order valence-corrected chi connectivity index (χ1v) is 7.37. The molecule has 21 heavy (non-hydrogen) atoms. The Labute approximate surface area is 130 Å². The van der Waals surface area contributed by atoms with Crippen molar-refractivity contribution in [1.29, 1.82) is 0 Å². The van der Waals surface area contributed by atoms with E-state index < -0.39 is 0 Å². The molecule has 1 amide bonds. The molecule has 0 spiro atoms. The van der Waals surface area contributed by atoms with E-state index in [-0.39, 0.29) is 5.91 Å². The smallest absolute Gasteiger partial charge is 0.260 e. The Kier molecular flexibility index (Phi) is 3.79. The summed E-state index contributed by atoms with van der Waals surface area (Å²) in [6.45, 7) is 3.23. The van der Waals surface area contributed by atoms with Gasteiger partial charge in [-0.05, 0) is 46.6 Å². The molecule has 0 aliphatic carbocycles. The maximum absolute atomic E-state index is 12.4. The molecule has 1 aliphatic rings. The lowest BCUT2D eigenvalue weighted by Crippen LogP contribution is -2.22. The van der Waals surface area contributed by atoms with Gasteiger partial charge in [0.2, 0.25) is 0 Å². The van der Waals surface area contributed by atoms with E-state index in [2.05, 4.69) is 31.5 Å². The number of fused-ring (bicyclic) bond motifs is 1. The van der Waals surface area contributed by atoms with Gasteiger partial charge >= 0.3 is 0 Å². The number of halogens is 1. The number of hydrogen-bond acceptors (Lipinski definition) is 4. The largest absolute Gasteiger partial charge is 0.489 e. The minimum absolute atomic E-state index is 0.232. The number of benzene rings is 1. The number of aryl methyl sites for hydroxylation is 1. The Morgan fingerprint density at radius 2 is 2.33 bits per heavy atom. The quantitative estimate of drug-likeness (QED) is 0.875. The number of hydrogen-bond donors (Lipinski definition) is 2. The second-order valence-electron chi connectivity index (χ2n) is 4.73. The molecule has 0 radical (unpaired) electrons. The third kappa shape index (κ3) is 2.85. The molecule has 2 N–H and O–H groups in total. The van der Waals surface area contributed by atoms with Crippen LogP contribution in [0.2, 0.25) is 0 Å². The zero-order valence-corrected chi connectivity index (χ0v) is 13.0. The fraction of sp³-hybridized carbons (Fsp3) is 0.200. The lowest BCUT2D eigenvalue weighted by Gasteiger charge is -2.21. The fourth-order valence-corrected chi connectivity index (χ4v) is 2.36. The normalized spacial score (nSPS) is 12.9. The Morgan fingerprint density at radius 1 is 1.48 bits per heavy atom. The molecular weight excluding hydrogens is 334 g/mol. The van der Waals surface area contributed by atoms with Crippen LogP contribution >= 0.6 is 15.9 Å². The van der Waals surface area contributed by atoms with Gasteiger partial charge in [-0.3, -0.25) is 4.79 Å². The highest BCUT2D eigenvalue weighted by Gasteiger charge is 2.19. The molecule has 2 aromatic rings. The molecule has 5 nitrogen and oxygen atoms in total. The van der Waals surface area contributed by atoms with E-state index in [1.54, 1.807) is 12.3 Å². The van der Waals surface area contributed by atoms with Gasteiger partial charge in [-0.1, -0.05) is 6.07 Å². The minimum atomic E-state index is -0.232. The molecule has 1 aromatic carbocycles. The molecule has 1 aromatic heterocycles. The molecule has 6 heteroatoms. The van der Waals surface area contributed by atoms with Crippen molar-refractivity contribution >= 4 is 33.3 Å². The van der Waals surface area contributed by atoms with Gasteiger partial charge in [-0.15, -0.1) is 0 Å². The first-order chi connectivity index (χ1) is 10.1. The van der Waals surface area contributed by atoms with Crippen molar-refractivity contribution in [3.8, 4) is 5.75 Å². The standard InChI is InChI=1S/C15H14BrN3O2/c1-9-7-13(18-8-11(9)16)19-15(20)10-3-2-4-12-14(10)21-6-5-17-12/h2-4,7-8,17H,5-6H2,1H3,(H,18,19,20). The van der Waals surface area contributed by atoms with Crippen LogP contribution in [0, 0.1) is 6.92 Å². The van der Waals surface area contributed by atoms with Crippen LogP contribution < -0.4 is 15.4 Å². The van der Waals surface area contributed by atoms with Crippen molar-refractivity contribution in [2.45, 2.75) is 6.92 Å². The SMILES string of the molecule is Cc1cc(NC(=O)c2cccc3c2OCCN3)ncc1Br. The second-order valence-corrected chi connectivity index (χ2v) is 5.58. The summed E-state index contributed by atoms with van der Waals surface area (Å²) >= 11 is 3.39. The molecule has 108 valence electrons. The summed E-state index contributed by atoms with van der Waals surface area (Å²) in [5.74, 6) is 0.877. The molecule has 0 bridgehead atoms. The number of para-hydroxylation sites is 1. The maximum atomic E-state index is 12.4. The number of carbonyl (C=O) groups excluding carboxylic acids is 1. The van der Waals surface area contributed by atoms with Crippen LogP contribution in [0.1, 0.15) is 15.9 Å². The number of nitrogens with zero attached hydrogens (tertiary/aromatic N) is 1. The maximum Gasteiger partial charge on any atom is 0.260 e. The van der Waals surface area contributed by atoms with Gasteiger partial charge in [-0.25, -0.2) is 4.98 Å². The highest BCUT2D eigenvalue weighted by Crippen LogP contribution is 2.31. The number of rotatable bonds is 2. The van der Waals surface area contributed by atoms with Gasteiger partial charge in [0.25, 0.3) is 5.91 Å². The second kappa shape index (κ2) is 5.73. The van der Waals surface area contributed by atoms with Gasteiger partial charge in [0.1, 0.15) is 12.4 Å². The van der Waals surface area contributed by atoms with Crippen molar-refractivity contribution in [2.75, 3.05) is 23.8 Å². The summed E-state index contributed by atoms with van der Waals surface area (Å²) in [5.41, 5.74) is 2.35. The number of amides is 1. The van der Waals surface area contributed by atoms with Crippen molar-refractivity contribution < 1.29 is 9.53 Å². The van der Waals surface area contributed by atoms with Crippen LogP contribution in [0.4, 0.5) is 11.5 Å². The predicted molar refractivity (Wildman–Crippen MR) is 85.1 cm³/mol. The van der Waals surface area contributed by atoms with Crippen LogP contribution in [0.15, 0.2) is 34.9 Å². The number of nitrogens with one attached hydrogen (secondary N) is 2. The Bertz CT molecular complexity index is 703. The summed E-state index contributed by atoms with van der Waals surface area (Å²) in [4.78, 5) is 16.6. The number of ether oxygens (including phenoxy) is 1. The topological polar surface area (TPSA) is 63.2 Å². The molecule has 0 unspecified atom stereocenters. The average Bonchev–Trinajstić information content (AvgIpc) is 2.50. The van der Waals surface area contributed by atoms with E-state index in [0.717, 1.165) is 22.3 Å². The lowest BCUT2D eigenvalue weighted by molar-refractivity contribution is 0.102. The molecular formula is C15H14BrN3O2. The van der Waals surface area contributed by atoms with Crippen molar-refractivity contribution in [1.82, 2.24) is 4.98 Å². The highest BCUT2D eigenvalue weighted by atomic mass is 79.9. The molecule has 0 saturated carbocycles. The van der Waals surface area contributed by atoms with Gasteiger partial charge in [0.05, 0.1) is 11.3 Å². The molecule has 3 rings (SSSR count). The van der Waals surface area contributed by atoms with Crippen LogP contribution in [0.5, 0.6) is 5.75 Å². The van der Waals surface area contributed by atoms with Crippen LogP contribution in [0.3, 0.4) is 0 Å². The predicted octanol–water partition coefficient (Wildman–Crippen LogP) is 3.21. The molecule has 1 aliphatic heterocycles. The Morgan fingerprint density at radius 3 is 3.14 bits per heavy atom. The number of anilines is 2. The first kappa shape index (κ1) is 13.9. The zero-order chi connectivity index (χ0) is 14.8. The molecule has 0 fully saturated rings. The highest BCUT2D eigenvalue weighted by molar-refractivity contribution is 9.10. The third-order valence-corrected chi connectivity index (χ3v) is 4.04. The minimum Gasteiger partial charge on any atom is -0.489 e. The fourth-order valence-electron chi connectivity index (χ4n) is 2.14. The Hall–Kier alpha value is -2.08. The van der Waals surface area contributed by atoms with E-state index in [9.17, 15) is 4.79 Å². The van der Waals surface area contributed by atoms with Crippen LogP contribution in [-0.2, 0) is 0 Å². The van der Waals surface area contributed by atoms with Gasteiger partial charge in [-0.2, -0.15) is 0 Å². The van der Waals surface area contributed by atoms with E-state index in [0.29, 0.717) is 23.7 Å². The third-order valence-electron chi connectivity index (χ3n) is 3.21. The van der Waals surface area contributed by atoms with Gasteiger partial charge in [0.15, 0.2) is 5.75 Å².